The van der Waals surface area contributed by atoms with Crippen LogP contribution in [0.3, 0.4) is 0 Å². The van der Waals surface area contributed by atoms with Gasteiger partial charge in [0.25, 0.3) is 15.9 Å². The van der Waals surface area contributed by atoms with Crippen LogP contribution >= 0.6 is 11.6 Å². The Labute approximate surface area is 162 Å². The summed E-state index contributed by atoms with van der Waals surface area (Å²) in [4.78, 5) is 23.7. The summed E-state index contributed by atoms with van der Waals surface area (Å²) in [5.41, 5.74) is 0.522. The van der Waals surface area contributed by atoms with Crippen molar-refractivity contribution in [2.24, 2.45) is 0 Å². The Morgan fingerprint density at radius 2 is 1.70 bits per heavy atom. The molecule has 27 heavy (non-hydrogen) atoms. The molecule has 2 amide bonds. The van der Waals surface area contributed by atoms with E-state index in [-0.39, 0.29) is 39.7 Å². The van der Waals surface area contributed by atoms with E-state index in [2.05, 4.69) is 15.4 Å². The topological polar surface area (TPSA) is 104 Å². The van der Waals surface area contributed by atoms with Crippen molar-refractivity contribution in [2.45, 2.75) is 23.8 Å². The Bertz CT molecular complexity index is 957. The lowest BCUT2D eigenvalue weighted by Crippen LogP contribution is -2.37. The van der Waals surface area contributed by atoms with Crippen LogP contribution in [-0.2, 0) is 14.8 Å². The number of hydrogen-bond donors (Lipinski definition) is 3. The van der Waals surface area contributed by atoms with E-state index in [1.54, 1.807) is 24.3 Å². The smallest absolute Gasteiger partial charge is 0.261 e. The third-order valence-electron chi connectivity index (χ3n) is 3.90. The second kappa shape index (κ2) is 7.98. The van der Waals surface area contributed by atoms with Crippen LogP contribution in [0.15, 0.2) is 53.4 Å². The van der Waals surface area contributed by atoms with Crippen LogP contribution in [0.1, 0.15) is 23.2 Å². The van der Waals surface area contributed by atoms with Crippen LogP contribution in [0.4, 0.5) is 5.69 Å². The van der Waals surface area contributed by atoms with Gasteiger partial charge in [0, 0.05) is 11.6 Å². The monoisotopic (exact) mass is 407 g/mol. The molecule has 2 aromatic rings. The van der Waals surface area contributed by atoms with Crippen LogP contribution in [-0.4, -0.2) is 32.8 Å². The number of para-hydroxylation sites is 1. The van der Waals surface area contributed by atoms with Crippen LogP contribution < -0.4 is 15.4 Å². The van der Waals surface area contributed by atoms with Gasteiger partial charge in [0.1, 0.15) is 0 Å². The molecule has 1 aliphatic carbocycles. The van der Waals surface area contributed by atoms with E-state index in [0.717, 1.165) is 12.8 Å². The summed E-state index contributed by atoms with van der Waals surface area (Å²) in [6.07, 6.45) is 1.94. The summed E-state index contributed by atoms with van der Waals surface area (Å²) in [7, 11) is -3.84. The lowest BCUT2D eigenvalue weighted by atomic mass is 10.2. The number of nitrogens with one attached hydrogen (secondary N) is 3. The molecule has 7 nitrogen and oxygen atoms in total. The van der Waals surface area contributed by atoms with E-state index >= 15 is 0 Å². The van der Waals surface area contributed by atoms with Crippen LogP contribution in [0.5, 0.6) is 0 Å². The van der Waals surface area contributed by atoms with Crippen LogP contribution in [0, 0.1) is 0 Å². The van der Waals surface area contributed by atoms with Gasteiger partial charge in [-0.3, -0.25) is 14.3 Å². The molecule has 1 fully saturated rings. The Balaban J connectivity index is 1.62. The van der Waals surface area contributed by atoms with Gasteiger partial charge in [0.05, 0.1) is 22.2 Å². The van der Waals surface area contributed by atoms with Crippen molar-refractivity contribution in [2.75, 3.05) is 11.3 Å². The van der Waals surface area contributed by atoms with E-state index in [1.807, 2.05) is 0 Å². The molecule has 1 aliphatic rings. The summed E-state index contributed by atoms with van der Waals surface area (Å²) in [5, 5.41) is 5.55. The third-order valence-corrected chi connectivity index (χ3v) is 5.61. The molecule has 0 saturated heterocycles. The molecule has 2 aromatic carbocycles. The van der Waals surface area contributed by atoms with Gasteiger partial charge in [0.2, 0.25) is 5.91 Å². The predicted molar refractivity (Wildman–Crippen MR) is 102 cm³/mol. The first-order valence-electron chi connectivity index (χ1n) is 8.30. The quantitative estimate of drug-likeness (QED) is 0.654. The highest BCUT2D eigenvalue weighted by Gasteiger charge is 2.23. The van der Waals surface area contributed by atoms with Gasteiger partial charge in [-0.05, 0) is 49.2 Å². The fraction of sp³-hybridized carbons (Fsp3) is 0.222. The number of sulfonamides is 1. The highest BCUT2D eigenvalue weighted by atomic mass is 35.5. The van der Waals surface area contributed by atoms with E-state index < -0.39 is 15.9 Å². The Kier molecular flexibility index (Phi) is 5.67. The Morgan fingerprint density at radius 3 is 2.33 bits per heavy atom. The van der Waals surface area contributed by atoms with Crippen molar-refractivity contribution in [3.8, 4) is 0 Å². The summed E-state index contributed by atoms with van der Waals surface area (Å²) < 4.78 is 27.3. The second-order valence-corrected chi connectivity index (χ2v) is 8.22. The van der Waals surface area contributed by atoms with Crippen LogP contribution in [0.25, 0.3) is 0 Å². The summed E-state index contributed by atoms with van der Waals surface area (Å²) in [5.74, 6) is -0.696. The van der Waals surface area contributed by atoms with Crippen LogP contribution in [0.2, 0.25) is 5.02 Å². The zero-order valence-corrected chi connectivity index (χ0v) is 15.8. The van der Waals surface area contributed by atoms with E-state index in [0.29, 0.717) is 0 Å². The molecule has 9 heteroatoms. The molecular weight excluding hydrogens is 390 g/mol. The van der Waals surface area contributed by atoms with Gasteiger partial charge in [-0.2, -0.15) is 0 Å². The highest BCUT2D eigenvalue weighted by Crippen LogP contribution is 2.24. The lowest BCUT2D eigenvalue weighted by Gasteiger charge is -2.10. The van der Waals surface area contributed by atoms with Crippen molar-refractivity contribution in [1.29, 1.82) is 0 Å². The molecule has 1 saturated carbocycles. The molecule has 0 radical (unpaired) electrons. The van der Waals surface area contributed by atoms with Gasteiger partial charge in [-0.25, -0.2) is 8.42 Å². The predicted octanol–water partition coefficient (Wildman–Crippen LogP) is 2.15. The van der Waals surface area contributed by atoms with Crippen molar-refractivity contribution in [1.82, 2.24) is 10.6 Å². The minimum absolute atomic E-state index is 0.00885. The number of carbonyl (C=O) groups excluding carboxylic acids is 2. The minimum atomic E-state index is -3.84. The lowest BCUT2D eigenvalue weighted by molar-refractivity contribution is -0.120. The zero-order valence-electron chi connectivity index (χ0n) is 14.2. The normalized spacial score (nSPS) is 13.7. The number of benzene rings is 2. The molecule has 3 N–H and O–H groups in total. The molecule has 142 valence electrons. The standard InChI is InChI=1S/C18H18ClN3O4S/c19-15-3-1-2-4-16(15)22-27(25,26)14-9-5-12(6-10-14)18(24)20-11-17(23)21-13-7-8-13/h1-6,9-10,13,22H,7-8,11H2,(H,20,24)(H,21,23). The molecule has 0 spiro atoms. The second-order valence-electron chi connectivity index (χ2n) is 6.13. The maximum Gasteiger partial charge on any atom is 0.261 e. The van der Waals surface area contributed by atoms with Gasteiger partial charge in [0.15, 0.2) is 0 Å². The van der Waals surface area contributed by atoms with E-state index in [9.17, 15) is 18.0 Å². The van der Waals surface area contributed by atoms with Gasteiger partial charge < -0.3 is 10.6 Å². The Morgan fingerprint density at radius 1 is 1.04 bits per heavy atom. The number of anilines is 1. The number of halogens is 1. The first-order valence-corrected chi connectivity index (χ1v) is 10.2. The van der Waals surface area contributed by atoms with Crippen molar-refractivity contribution < 1.29 is 18.0 Å². The minimum Gasteiger partial charge on any atom is -0.352 e. The molecule has 0 atom stereocenters. The molecule has 0 aliphatic heterocycles. The number of hydrogen-bond acceptors (Lipinski definition) is 4. The molecule has 0 unspecified atom stereocenters. The first-order chi connectivity index (χ1) is 12.8. The zero-order chi connectivity index (χ0) is 19.4. The fourth-order valence-electron chi connectivity index (χ4n) is 2.30. The highest BCUT2D eigenvalue weighted by molar-refractivity contribution is 7.92. The SMILES string of the molecule is O=C(CNC(=O)c1ccc(S(=O)(=O)Nc2ccccc2Cl)cc1)NC1CC1. The van der Waals surface area contributed by atoms with Gasteiger partial charge >= 0.3 is 0 Å². The number of amides is 2. The maximum absolute atomic E-state index is 12.4. The van der Waals surface area contributed by atoms with Gasteiger partial charge in [-0.15, -0.1) is 0 Å². The third kappa shape index (κ3) is 5.21. The molecular formula is C18H18ClN3O4S. The average molecular weight is 408 g/mol. The van der Waals surface area contributed by atoms with E-state index in [1.165, 1.54) is 24.3 Å². The van der Waals surface area contributed by atoms with E-state index in [4.69, 9.17) is 11.6 Å². The molecule has 0 bridgehead atoms. The number of rotatable bonds is 7. The largest absolute Gasteiger partial charge is 0.352 e. The molecule has 3 rings (SSSR count). The summed E-state index contributed by atoms with van der Waals surface area (Å²) >= 11 is 5.97. The van der Waals surface area contributed by atoms with Crippen molar-refractivity contribution in [3.05, 3.63) is 59.1 Å². The molecule has 0 aromatic heterocycles. The maximum atomic E-state index is 12.4. The Hall–Kier alpha value is -2.58. The number of carbonyl (C=O) groups is 2. The average Bonchev–Trinajstić information content (AvgIpc) is 3.45. The fourth-order valence-corrected chi connectivity index (χ4v) is 3.62. The molecule has 0 heterocycles. The first kappa shape index (κ1) is 19.2. The summed E-state index contributed by atoms with van der Waals surface area (Å²) in [6.45, 7) is -0.122. The van der Waals surface area contributed by atoms with Crippen molar-refractivity contribution >= 4 is 39.1 Å². The van der Waals surface area contributed by atoms with Crippen molar-refractivity contribution in [3.63, 3.8) is 0 Å². The summed E-state index contributed by atoms with van der Waals surface area (Å²) in [6, 6.07) is 12.1. The van der Waals surface area contributed by atoms with Gasteiger partial charge in [-0.1, -0.05) is 23.7 Å².